The molecule has 4 heteroatoms. The second kappa shape index (κ2) is 5.93. The lowest BCUT2D eigenvalue weighted by atomic mass is 10.1. The normalized spacial score (nSPS) is 28.2. The number of aliphatic hydroxyl groups is 2. The summed E-state index contributed by atoms with van der Waals surface area (Å²) in [7, 11) is 0. The van der Waals surface area contributed by atoms with Gasteiger partial charge in [-0.25, -0.2) is 0 Å². The zero-order chi connectivity index (χ0) is 12.1. The van der Waals surface area contributed by atoms with Crippen LogP contribution in [0.4, 0.5) is 0 Å². The molecule has 2 rings (SSSR count). The zero-order valence-corrected chi connectivity index (χ0v) is 9.40. The van der Waals surface area contributed by atoms with Crippen LogP contribution in [0.3, 0.4) is 0 Å². The Morgan fingerprint density at radius 1 is 1.18 bits per heavy atom. The molecule has 1 aliphatic heterocycles. The van der Waals surface area contributed by atoms with Crippen molar-refractivity contribution >= 4 is 0 Å². The Labute approximate surface area is 100 Å². The van der Waals surface area contributed by atoms with Crippen molar-refractivity contribution in [3.05, 3.63) is 48.0 Å². The zero-order valence-electron chi connectivity index (χ0n) is 9.40. The predicted molar refractivity (Wildman–Crippen MR) is 62.1 cm³/mol. The van der Waals surface area contributed by atoms with Gasteiger partial charge in [-0.05, 0) is 11.6 Å². The molecule has 0 fully saturated rings. The van der Waals surface area contributed by atoms with Gasteiger partial charge < -0.3 is 19.7 Å². The average Bonchev–Trinajstić information content (AvgIpc) is 2.39. The lowest BCUT2D eigenvalue weighted by Gasteiger charge is -2.28. The fourth-order valence-corrected chi connectivity index (χ4v) is 1.63. The molecule has 0 unspecified atom stereocenters. The molecule has 1 aliphatic rings. The maximum absolute atomic E-state index is 9.44. The number of benzene rings is 1. The van der Waals surface area contributed by atoms with Crippen LogP contribution < -0.4 is 0 Å². The van der Waals surface area contributed by atoms with Crippen LogP contribution in [-0.4, -0.2) is 35.3 Å². The summed E-state index contributed by atoms with van der Waals surface area (Å²) >= 11 is 0. The summed E-state index contributed by atoms with van der Waals surface area (Å²) in [4.78, 5) is 0. The van der Waals surface area contributed by atoms with E-state index >= 15 is 0 Å². The molecular weight excluding hydrogens is 220 g/mol. The fraction of sp³-hybridized carbons (Fsp3) is 0.385. The minimum absolute atomic E-state index is 0.225. The quantitative estimate of drug-likeness (QED) is 0.760. The van der Waals surface area contributed by atoms with Crippen LogP contribution in [0.2, 0.25) is 0 Å². The van der Waals surface area contributed by atoms with Crippen LogP contribution in [0.1, 0.15) is 5.56 Å². The Kier molecular flexibility index (Phi) is 4.28. The number of hydrogen-bond acceptors (Lipinski definition) is 4. The summed E-state index contributed by atoms with van der Waals surface area (Å²) in [5.41, 5.74) is 1.05. The molecule has 1 heterocycles. The van der Waals surface area contributed by atoms with Crippen molar-refractivity contribution in [2.45, 2.75) is 25.1 Å². The first-order valence-corrected chi connectivity index (χ1v) is 5.58. The second-order valence-corrected chi connectivity index (χ2v) is 3.90. The molecule has 0 aromatic heterocycles. The van der Waals surface area contributed by atoms with Crippen LogP contribution >= 0.6 is 0 Å². The summed E-state index contributed by atoms with van der Waals surface area (Å²) in [6.45, 7) is 0.209. The van der Waals surface area contributed by atoms with Crippen LogP contribution in [0.25, 0.3) is 0 Å². The van der Waals surface area contributed by atoms with Crippen molar-refractivity contribution in [2.75, 3.05) is 6.61 Å². The SMILES string of the molecule is OC[C@H]1O[C@@H](OCc2ccccc2)C=C[C@@H]1O. The van der Waals surface area contributed by atoms with Crippen LogP contribution in [0.15, 0.2) is 42.5 Å². The van der Waals surface area contributed by atoms with E-state index in [1.165, 1.54) is 0 Å². The Balaban J connectivity index is 1.86. The van der Waals surface area contributed by atoms with Gasteiger partial charge in [-0.1, -0.05) is 36.4 Å². The van der Waals surface area contributed by atoms with Gasteiger partial charge in [-0.2, -0.15) is 0 Å². The van der Waals surface area contributed by atoms with E-state index in [2.05, 4.69) is 0 Å². The van der Waals surface area contributed by atoms with E-state index in [1.54, 1.807) is 12.2 Å². The molecule has 4 nitrogen and oxygen atoms in total. The minimum atomic E-state index is -0.767. The third kappa shape index (κ3) is 3.38. The molecule has 0 radical (unpaired) electrons. The van der Waals surface area contributed by atoms with Crippen molar-refractivity contribution in [1.82, 2.24) is 0 Å². The molecule has 0 spiro atoms. The molecule has 0 amide bonds. The first-order valence-electron chi connectivity index (χ1n) is 5.58. The first kappa shape index (κ1) is 12.3. The van der Waals surface area contributed by atoms with E-state index in [-0.39, 0.29) is 6.61 Å². The van der Waals surface area contributed by atoms with E-state index in [9.17, 15) is 5.11 Å². The average molecular weight is 236 g/mol. The number of rotatable bonds is 4. The highest BCUT2D eigenvalue weighted by Crippen LogP contribution is 2.15. The third-order valence-electron chi connectivity index (χ3n) is 2.59. The highest BCUT2D eigenvalue weighted by molar-refractivity contribution is 5.13. The van der Waals surface area contributed by atoms with Gasteiger partial charge in [-0.3, -0.25) is 0 Å². The molecule has 0 saturated carbocycles. The molecule has 2 N–H and O–H groups in total. The third-order valence-corrected chi connectivity index (χ3v) is 2.59. The molecule has 1 aromatic carbocycles. The molecule has 0 aliphatic carbocycles. The second-order valence-electron chi connectivity index (χ2n) is 3.90. The molecule has 3 atom stereocenters. The van der Waals surface area contributed by atoms with Gasteiger partial charge in [0.25, 0.3) is 0 Å². The Morgan fingerprint density at radius 3 is 2.65 bits per heavy atom. The maximum Gasteiger partial charge on any atom is 0.177 e. The number of ether oxygens (including phenoxy) is 2. The summed E-state index contributed by atoms with van der Waals surface area (Å²) < 4.78 is 10.9. The van der Waals surface area contributed by atoms with Crippen molar-refractivity contribution in [3.63, 3.8) is 0 Å². The largest absolute Gasteiger partial charge is 0.394 e. The Bertz CT molecular complexity index is 363. The van der Waals surface area contributed by atoms with Gasteiger partial charge in [-0.15, -0.1) is 0 Å². The highest BCUT2D eigenvalue weighted by Gasteiger charge is 2.25. The van der Waals surface area contributed by atoms with Gasteiger partial charge in [0.1, 0.15) is 12.2 Å². The first-order chi connectivity index (χ1) is 8.29. The van der Waals surface area contributed by atoms with Crippen LogP contribution in [0.5, 0.6) is 0 Å². The predicted octanol–water partition coefficient (Wildman–Crippen LogP) is 0.837. The highest BCUT2D eigenvalue weighted by atomic mass is 16.7. The molecule has 17 heavy (non-hydrogen) atoms. The summed E-state index contributed by atoms with van der Waals surface area (Å²) in [6, 6.07) is 9.75. The summed E-state index contributed by atoms with van der Waals surface area (Å²) in [6.07, 6.45) is 1.34. The Hall–Kier alpha value is -1.20. The fourth-order valence-electron chi connectivity index (χ4n) is 1.63. The van der Waals surface area contributed by atoms with Gasteiger partial charge >= 0.3 is 0 Å². The standard InChI is InChI=1S/C13H16O4/c14-8-12-11(15)6-7-13(17-12)16-9-10-4-2-1-3-5-10/h1-7,11-15H,8-9H2/t11-,12+,13+/m0/s1. The van der Waals surface area contributed by atoms with Crippen molar-refractivity contribution in [2.24, 2.45) is 0 Å². The molecule has 1 aromatic rings. The van der Waals surface area contributed by atoms with Crippen LogP contribution in [-0.2, 0) is 16.1 Å². The maximum atomic E-state index is 9.44. The smallest absolute Gasteiger partial charge is 0.177 e. The minimum Gasteiger partial charge on any atom is -0.394 e. The van der Waals surface area contributed by atoms with Gasteiger partial charge in [0, 0.05) is 0 Å². The summed E-state index contributed by atoms with van der Waals surface area (Å²) in [5.74, 6) is 0. The van der Waals surface area contributed by atoms with E-state index in [1.807, 2.05) is 30.3 Å². The van der Waals surface area contributed by atoms with E-state index < -0.39 is 18.5 Å². The molecule has 0 saturated heterocycles. The monoisotopic (exact) mass is 236 g/mol. The number of aliphatic hydroxyl groups excluding tert-OH is 2. The van der Waals surface area contributed by atoms with Gasteiger partial charge in [0.15, 0.2) is 6.29 Å². The van der Waals surface area contributed by atoms with E-state index in [0.29, 0.717) is 6.61 Å². The molecule has 92 valence electrons. The van der Waals surface area contributed by atoms with E-state index in [4.69, 9.17) is 14.6 Å². The summed E-state index contributed by atoms with van der Waals surface area (Å²) in [5, 5.41) is 18.4. The molecular formula is C13H16O4. The van der Waals surface area contributed by atoms with Crippen LogP contribution in [0, 0.1) is 0 Å². The number of hydrogen-bond donors (Lipinski definition) is 2. The van der Waals surface area contributed by atoms with Crippen molar-refractivity contribution in [1.29, 1.82) is 0 Å². The topological polar surface area (TPSA) is 58.9 Å². The van der Waals surface area contributed by atoms with Crippen molar-refractivity contribution < 1.29 is 19.7 Å². The van der Waals surface area contributed by atoms with E-state index in [0.717, 1.165) is 5.56 Å². The van der Waals surface area contributed by atoms with Crippen molar-refractivity contribution in [3.8, 4) is 0 Å². The Morgan fingerprint density at radius 2 is 1.94 bits per heavy atom. The lowest BCUT2D eigenvalue weighted by Crippen LogP contribution is -2.38. The van der Waals surface area contributed by atoms with Gasteiger partial charge in [0.05, 0.1) is 13.2 Å². The van der Waals surface area contributed by atoms with Gasteiger partial charge in [0.2, 0.25) is 0 Å². The lowest BCUT2D eigenvalue weighted by molar-refractivity contribution is -0.184. The molecule has 0 bridgehead atoms.